The first-order valence-corrected chi connectivity index (χ1v) is 8.11. The highest BCUT2D eigenvalue weighted by Gasteiger charge is 2.53. The van der Waals surface area contributed by atoms with Crippen LogP contribution in [0.2, 0.25) is 0 Å². The first-order chi connectivity index (χ1) is 10.2. The Labute approximate surface area is 125 Å². The van der Waals surface area contributed by atoms with Gasteiger partial charge in [-0.3, -0.25) is 9.48 Å². The summed E-state index contributed by atoms with van der Waals surface area (Å²) >= 11 is 0. The molecule has 3 aliphatic rings. The molecule has 1 aliphatic carbocycles. The zero-order chi connectivity index (χ0) is 14.4. The summed E-state index contributed by atoms with van der Waals surface area (Å²) in [4.78, 5) is 15.2. The number of carbonyl (C=O) groups is 1. The standard InChI is InChI=1S/C16H23N3O2/c1-18-13-11-19(10-12(13)9-17-18)15(20)16(6-4-7-16)14-5-2-3-8-21-14/h9,14H,2-8,10-11H2,1H3. The molecule has 21 heavy (non-hydrogen) atoms. The van der Waals surface area contributed by atoms with Crippen LogP contribution in [0.1, 0.15) is 49.8 Å². The number of aryl methyl sites for hydroxylation is 1. The van der Waals surface area contributed by atoms with E-state index in [2.05, 4.69) is 5.10 Å². The number of rotatable bonds is 2. The summed E-state index contributed by atoms with van der Waals surface area (Å²) in [6.07, 6.45) is 8.60. The predicted molar refractivity (Wildman–Crippen MR) is 77.3 cm³/mol. The average Bonchev–Trinajstić information content (AvgIpc) is 3.01. The number of nitrogens with zero attached hydrogens (tertiary/aromatic N) is 3. The minimum atomic E-state index is -0.226. The molecule has 4 rings (SSSR count). The Morgan fingerprint density at radius 2 is 2.19 bits per heavy atom. The molecule has 114 valence electrons. The zero-order valence-corrected chi connectivity index (χ0v) is 12.7. The third kappa shape index (κ3) is 1.94. The summed E-state index contributed by atoms with van der Waals surface area (Å²) in [6.45, 7) is 2.25. The fourth-order valence-corrected chi connectivity index (χ4v) is 4.15. The molecule has 1 amide bonds. The van der Waals surface area contributed by atoms with Crippen LogP contribution in [0.25, 0.3) is 0 Å². The van der Waals surface area contributed by atoms with Crippen molar-refractivity contribution in [3.05, 3.63) is 17.5 Å². The SMILES string of the molecule is Cn1ncc2c1CN(C(=O)C1(C3CCCCO3)CCC1)C2. The molecule has 1 aromatic heterocycles. The maximum absolute atomic E-state index is 13.1. The van der Waals surface area contributed by atoms with Gasteiger partial charge in [0.1, 0.15) is 0 Å². The summed E-state index contributed by atoms with van der Waals surface area (Å²) in [5, 5.41) is 4.27. The monoisotopic (exact) mass is 289 g/mol. The lowest BCUT2D eigenvalue weighted by molar-refractivity contribution is -0.168. The van der Waals surface area contributed by atoms with Gasteiger partial charge in [0.15, 0.2) is 0 Å². The fraction of sp³-hybridized carbons (Fsp3) is 0.750. The highest BCUT2D eigenvalue weighted by Crippen LogP contribution is 2.49. The molecular formula is C16H23N3O2. The van der Waals surface area contributed by atoms with Crippen molar-refractivity contribution in [3.8, 4) is 0 Å². The molecule has 0 N–H and O–H groups in total. The smallest absolute Gasteiger partial charge is 0.232 e. The van der Waals surface area contributed by atoms with Gasteiger partial charge in [-0.1, -0.05) is 6.42 Å². The lowest BCUT2D eigenvalue weighted by atomic mass is 9.62. The molecule has 1 unspecified atom stereocenters. The molecule has 1 saturated carbocycles. The van der Waals surface area contributed by atoms with Crippen LogP contribution in [-0.4, -0.2) is 33.3 Å². The van der Waals surface area contributed by atoms with Crippen molar-refractivity contribution in [2.75, 3.05) is 6.61 Å². The lowest BCUT2D eigenvalue weighted by Gasteiger charge is -2.48. The number of carbonyl (C=O) groups excluding carboxylic acids is 1. The molecule has 0 radical (unpaired) electrons. The summed E-state index contributed by atoms with van der Waals surface area (Å²) in [5.74, 6) is 0.317. The van der Waals surface area contributed by atoms with E-state index in [1.807, 2.05) is 22.8 Å². The van der Waals surface area contributed by atoms with Crippen molar-refractivity contribution < 1.29 is 9.53 Å². The highest BCUT2D eigenvalue weighted by atomic mass is 16.5. The van der Waals surface area contributed by atoms with Gasteiger partial charge >= 0.3 is 0 Å². The molecule has 0 aromatic carbocycles. The number of hydrogen-bond donors (Lipinski definition) is 0. The number of aromatic nitrogens is 2. The van der Waals surface area contributed by atoms with Crippen LogP contribution in [0.5, 0.6) is 0 Å². The van der Waals surface area contributed by atoms with Crippen molar-refractivity contribution in [1.82, 2.24) is 14.7 Å². The number of ether oxygens (including phenoxy) is 1. The van der Waals surface area contributed by atoms with Gasteiger partial charge in [0.25, 0.3) is 0 Å². The van der Waals surface area contributed by atoms with E-state index in [4.69, 9.17) is 4.74 Å². The van der Waals surface area contributed by atoms with Gasteiger partial charge in [-0.05, 0) is 32.1 Å². The Hall–Kier alpha value is -1.36. The van der Waals surface area contributed by atoms with Gasteiger partial charge in [-0.2, -0.15) is 5.10 Å². The van der Waals surface area contributed by atoms with Crippen molar-refractivity contribution in [2.45, 2.75) is 57.7 Å². The molecule has 1 atom stereocenters. The van der Waals surface area contributed by atoms with Crippen LogP contribution in [0.3, 0.4) is 0 Å². The summed E-state index contributed by atoms with van der Waals surface area (Å²) in [6, 6.07) is 0. The molecule has 1 aromatic rings. The predicted octanol–water partition coefficient (Wildman–Crippen LogP) is 2.00. The van der Waals surface area contributed by atoms with Gasteiger partial charge in [-0.25, -0.2) is 0 Å². The third-order valence-corrected chi connectivity index (χ3v) is 5.60. The van der Waals surface area contributed by atoms with E-state index in [0.29, 0.717) is 12.5 Å². The van der Waals surface area contributed by atoms with Crippen molar-refractivity contribution >= 4 is 5.91 Å². The van der Waals surface area contributed by atoms with Crippen molar-refractivity contribution in [2.24, 2.45) is 12.5 Å². The van der Waals surface area contributed by atoms with Gasteiger partial charge < -0.3 is 9.64 Å². The Morgan fingerprint density at radius 3 is 2.81 bits per heavy atom. The van der Waals surface area contributed by atoms with E-state index in [9.17, 15) is 4.79 Å². The molecule has 5 nitrogen and oxygen atoms in total. The van der Waals surface area contributed by atoms with E-state index in [1.165, 1.54) is 17.7 Å². The number of hydrogen-bond acceptors (Lipinski definition) is 3. The second kappa shape index (κ2) is 4.83. The Kier molecular flexibility index (Phi) is 3.06. The Morgan fingerprint density at radius 1 is 1.33 bits per heavy atom. The van der Waals surface area contributed by atoms with E-state index in [1.54, 1.807) is 0 Å². The Balaban J connectivity index is 1.53. The average molecular weight is 289 g/mol. The minimum Gasteiger partial charge on any atom is -0.377 e. The molecule has 0 bridgehead atoms. The van der Waals surface area contributed by atoms with Crippen LogP contribution in [0, 0.1) is 5.41 Å². The largest absolute Gasteiger partial charge is 0.377 e. The molecular weight excluding hydrogens is 266 g/mol. The summed E-state index contributed by atoms with van der Waals surface area (Å²) in [7, 11) is 1.95. The van der Waals surface area contributed by atoms with Gasteiger partial charge in [0, 0.05) is 25.8 Å². The van der Waals surface area contributed by atoms with Crippen LogP contribution in [0.15, 0.2) is 6.20 Å². The topological polar surface area (TPSA) is 47.4 Å². The maximum Gasteiger partial charge on any atom is 0.232 e. The molecule has 3 heterocycles. The van der Waals surface area contributed by atoms with Crippen LogP contribution in [-0.2, 0) is 29.7 Å². The molecule has 2 fully saturated rings. The summed E-state index contributed by atoms with van der Waals surface area (Å²) in [5.41, 5.74) is 2.16. The molecule has 2 aliphatic heterocycles. The van der Waals surface area contributed by atoms with Crippen LogP contribution < -0.4 is 0 Å². The van der Waals surface area contributed by atoms with Crippen LogP contribution >= 0.6 is 0 Å². The van der Waals surface area contributed by atoms with Gasteiger partial charge in [0.05, 0.1) is 30.0 Å². The number of fused-ring (bicyclic) bond motifs is 1. The third-order valence-electron chi connectivity index (χ3n) is 5.60. The van der Waals surface area contributed by atoms with E-state index in [0.717, 1.165) is 45.3 Å². The number of amides is 1. The first kappa shape index (κ1) is 13.3. The highest BCUT2D eigenvalue weighted by molar-refractivity contribution is 5.85. The van der Waals surface area contributed by atoms with Crippen LogP contribution in [0.4, 0.5) is 0 Å². The second-order valence-corrected chi connectivity index (χ2v) is 6.77. The van der Waals surface area contributed by atoms with E-state index >= 15 is 0 Å². The maximum atomic E-state index is 13.1. The quantitative estimate of drug-likeness (QED) is 0.836. The lowest BCUT2D eigenvalue weighted by Crippen LogP contribution is -2.54. The molecule has 5 heteroatoms. The van der Waals surface area contributed by atoms with Crippen molar-refractivity contribution in [3.63, 3.8) is 0 Å². The van der Waals surface area contributed by atoms with Gasteiger partial charge in [0.2, 0.25) is 5.91 Å². The van der Waals surface area contributed by atoms with Crippen molar-refractivity contribution in [1.29, 1.82) is 0 Å². The van der Waals surface area contributed by atoms with Gasteiger partial charge in [-0.15, -0.1) is 0 Å². The fourth-order valence-electron chi connectivity index (χ4n) is 4.15. The molecule has 0 spiro atoms. The Bertz CT molecular complexity index is 556. The first-order valence-electron chi connectivity index (χ1n) is 8.11. The normalized spacial score (nSPS) is 27.3. The van der Waals surface area contributed by atoms with E-state index < -0.39 is 0 Å². The minimum absolute atomic E-state index is 0.148. The molecule has 1 saturated heterocycles. The van der Waals surface area contributed by atoms with E-state index in [-0.39, 0.29) is 11.5 Å². The summed E-state index contributed by atoms with van der Waals surface area (Å²) < 4.78 is 7.88. The second-order valence-electron chi connectivity index (χ2n) is 6.77. The zero-order valence-electron chi connectivity index (χ0n) is 12.7.